The minimum absolute atomic E-state index is 0.0252. The Morgan fingerprint density at radius 2 is 1.65 bits per heavy atom. The second kappa shape index (κ2) is 17.8. The van der Waals surface area contributed by atoms with E-state index in [1.165, 1.54) is 22.3 Å². The van der Waals surface area contributed by atoms with E-state index < -0.39 is 69.1 Å². The van der Waals surface area contributed by atoms with Crippen LogP contribution in [0.25, 0.3) is 0 Å². The van der Waals surface area contributed by atoms with Gasteiger partial charge in [-0.3, -0.25) is 19.2 Å². The maximum atomic E-state index is 14.2. The Morgan fingerprint density at radius 3 is 2.13 bits per heavy atom. The van der Waals surface area contributed by atoms with E-state index in [4.69, 9.17) is 0 Å². The van der Waals surface area contributed by atoms with Gasteiger partial charge >= 0.3 is 6.03 Å². The van der Waals surface area contributed by atoms with Gasteiger partial charge in [0.2, 0.25) is 27.6 Å². The molecule has 1 unspecified atom stereocenters. The number of carbonyl (C=O) groups is 5. The highest BCUT2D eigenvalue weighted by Crippen LogP contribution is 2.33. The second-order valence-electron chi connectivity index (χ2n) is 13.8. The van der Waals surface area contributed by atoms with Gasteiger partial charge < -0.3 is 26.2 Å². The lowest BCUT2D eigenvalue weighted by Gasteiger charge is -2.37. The van der Waals surface area contributed by atoms with Gasteiger partial charge in [0.25, 0.3) is 5.91 Å². The van der Waals surface area contributed by atoms with E-state index in [2.05, 4.69) is 27.8 Å². The standard InChI is InChI=1S/C32H58N6O7S/c1-12-15-23(26(39)29(41)33-17-13-2)34-28(40)25-22(20(4)5)16-18-38(25)30(42)27(32(7,8)9)36-31(43)35-24(21(6)14-3)19-37(10)46(11,44)45/h13,20-25,27H,2,12,14-19H2,1,3-11H3,(H,33,41)(H,34,40)(H2,35,36,43)/t21-,22+,23?,24+,25-,27+/m0/s1. The first kappa shape index (κ1) is 41.0. The fourth-order valence-electron chi connectivity index (χ4n) is 5.54. The van der Waals surface area contributed by atoms with E-state index in [0.717, 1.165) is 6.26 Å². The number of hydrogen-bond donors (Lipinski definition) is 4. The summed E-state index contributed by atoms with van der Waals surface area (Å²) in [7, 11) is -2.04. The van der Waals surface area contributed by atoms with Crippen molar-refractivity contribution in [3.05, 3.63) is 12.7 Å². The molecule has 0 aliphatic carbocycles. The number of amides is 5. The van der Waals surface area contributed by atoms with Crippen molar-refractivity contribution in [1.29, 1.82) is 0 Å². The Hall–Kier alpha value is -3.00. The molecule has 1 fully saturated rings. The highest BCUT2D eigenvalue weighted by Gasteiger charge is 2.47. The van der Waals surface area contributed by atoms with E-state index in [0.29, 0.717) is 19.3 Å². The monoisotopic (exact) mass is 670 g/mol. The molecule has 0 aromatic rings. The van der Waals surface area contributed by atoms with Gasteiger partial charge in [-0.05, 0) is 36.0 Å². The van der Waals surface area contributed by atoms with Crippen molar-refractivity contribution < 1.29 is 32.4 Å². The zero-order valence-electron chi connectivity index (χ0n) is 29.4. The third-order valence-corrected chi connectivity index (χ3v) is 10.0. The molecule has 5 amide bonds. The lowest BCUT2D eigenvalue weighted by molar-refractivity contribution is -0.144. The highest BCUT2D eigenvalue weighted by molar-refractivity contribution is 7.88. The Morgan fingerprint density at radius 1 is 1.04 bits per heavy atom. The SMILES string of the molecule is C=CCNC(=O)C(=O)C(CCC)NC(=O)[C@@H]1[C@@H](C(C)C)CCN1C(=O)[C@@H](NC(=O)N[C@H](CN(C)S(C)(=O)=O)[C@@H](C)CC)C(C)(C)C. The van der Waals surface area contributed by atoms with E-state index >= 15 is 0 Å². The summed E-state index contributed by atoms with van der Waals surface area (Å²) in [5, 5.41) is 10.9. The van der Waals surface area contributed by atoms with E-state index in [1.54, 1.807) is 0 Å². The molecule has 14 heteroatoms. The lowest BCUT2D eigenvalue weighted by Crippen LogP contribution is -2.62. The highest BCUT2D eigenvalue weighted by atomic mass is 32.2. The predicted octanol–water partition coefficient (Wildman–Crippen LogP) is 2.04. The van der Waals surface area contributed by atoms with Gasteiger partial charge in [-0.25, -0.2) is 17.5 Å². The largest absolute Gasteiger partial charge is 0.346 e. The van der Waals surface area contributed by atoms with E-state index in [-0.39, 0.29) is 43.8 Å². The van der Waals surface area contributed by atoms with Crippen LogP contribution in [0, 0.1) is 23.2 Å². The molecule has 1 aliphatic rings. The molecule has 0 bridgehead atoms. The number of ketones is 1. The topological polar surface area (TPSA) is 174 Å². The average Bonchev–Trinajstić information content (AvgIpc) is 3.41. The van der Waals surface area contributed by atoms with Gasteiger partial charge in [0.15, 0.2) is 0 Å². The van der Waals surface area contributed by atoms with E-state index in [1.807, 2.05) is 55.4 Å². The molecule has 0 radical (unpaired) electrons. The molecule has 1 aliphatic heterocycles. The quantitative estimate of drug-likeness (QED) is 0.135. The molecule has 0 spiro atoms. The zero-order chi connectivity index (χ0) is 35.6. The summed E-state index contributed by atoms with van der Waals surface area (Å²) in [5.41, 5.74) is -0.759. The Bertz CT molecular complexity index is 1200. The molecular weight excluding hydrogens is 612 g/mol. The van der Waals surface area contributed by atoms with Crippen LogP contribution in [-0.2, 0) is 29.2 Å². The van der Waals surface area contributed by atoms with E-state index in [9.17, 15) is 32.4 Å². The van der Waals surface area contributed by atoms with Crippen molar-refractivity contribution in [2.75, 3.05) is 32.9 Å². The number of carbonyl (C=O) groups excluding carboxylic acids is 5. The van der Waals surface area contributed by atoms with Crippen LogP contribution in [0.2, 0.25) is 0 Å². The number of sulfonamides is 1. The summed E-state index contributed by atoms with van der Waals surface area (Å²) >= 11 is 0. The maximum Gasteiger partial charge on any atom is 0.315 e. The van der Waals surface area contributed by atoms with Gasteiger partial charge in [-0.2, -0.15) is 0 Å². The van der Waals surface area contributed by atoms with Gasteiger partial charge in [0.05, 0.1) is 12.3 Å². The number of nitrogens with zero attached hydrogens (tertiary/aromatic N) is 2. The maximum absolute atomic E-state index is 14.2. The molecule has 264 valence electrons. The van der Waals surface area contributed by atoms with Crippen LogP contribution in [-0.4, -0.2) is 104 Å². The second-order valence-corrected chi connectivity index (χ2v) is 15.9. The minimum Gasteiger partial charge on any atom is -0.346 e. The fourth-order valence-corrected chi connectivity index (χ4v) is 5.97. The molecule has 13 nitrogen and oxygen atoms in total. The zero-order valence-corrected chi connectivity index (χ0v) is 30.3. The number of rotatable bonds is 17. The molecule has 0 aromatic heterocycles. The van der Waals surface area contributed by atoms with Crippen molar-refractivity contribution in [1.82, 2.24) is 30.5 Å². The summed E-state index contributed by atoms with van der Waals surface area (Å²) < 4.78 is 25.3. The van der Waals surface area contributed by atoms with Gasteiger partial charge in [-0.1, -0.05) is 74.3 Å². The Labute approximate surface area is 276 Å². The van der Waals surface area contributed by atoms with Gasteiger partial charge in [-0.15, -0.1) is 6.58 Å². The number of hydrogen-bond acceptors (Lipinski definition) is 7. The van der Waals surface area contributed by atoms with Crippen LogP contribution in [0.4, 0.5) is 4.79 Å². The molecular formula is C32H58N6O7S. The summed E-state index contributed by atoms with van der Waals surface area (Å²) in [6, 6.07) is -4.15. The van der Waals surface area contributed by atoms with Crippen molar-refractivity contribution >= 4 is 39.6 Å². The number of likely N-dealkylation sites (N-methyl/N-ethyl adjacent to an activating group) is 1. The molecule has 1 rings (SSSR count). The van der Waals surface area contributed by atoms with Gasteiger partial charge in [0.1, 0.15) is 12.1 Å². The number of nitrogens with one attached hydrogen (secondary N) is 4. The molecule has 6 atom stereocenters. The Balaban J connectivity index is 3.33. The van der Waals surface area contributed by atoms with Crippen LogP contribution in [0.3, 0.4) is 0 Å². The van der Waals surface area contributed by atoms with Crippen LogP contribution < -0.4 is 21.3 Å². The molecule has 0 aromatic carbocycles. The first-order valence-electron chi connectivity index (χ1n) is 16.2. The Kier molecular flexibility index (Phi) is 15.9. The number of Topliss-reactive ketones (excluding diaryl/α,β-unsaturated/α-hetero) is 1. The molecule has 0 saturated carbocycles. The molecule has 4 N–H and O–H groups in total. The van der Waals surface area contributed by atoms with Crippen LogP contribution in [0.1, 0.15) is 81.1 Å². The van der Waals surface area contributed by atoms with Crippen molar-refractivity contribution in [3.8, 4) is 0 Å². The minimum atomic E-state index is -3.48. The predicted molar refractivity (Wildman–Crippen MR) is 179 cm³/mol. The summed E-state index contributed by atoms with van der Waals surface area (Å²) in [4.78, 5) is 68.3. The third-order valence-electron chi connectivity index (χ3n) is 8.75. The van der Waals surface area contributed by atoms with Crippen LogP contribution in [0.15, 0.2) is 12.7 Å². The summed E-state index contributed by atoms with van der Waals surface area (Å²) in [5.74, 6) is -2.80. The normalized spacial score (nSPS) is 19.6. The molecule has 46 heavy (non-hydrogen) atoms. The van der Waals surface area contributed by atoms with Crippen molar-refractivity contribution in [2.45, 2.75) is 105 Å². The van der Waals surface area contributed by atoms with Crippen LogP contribution >= 0.6 is 0 Å². The van der Waals surface area contributed by atoms with Crippen LogP contribution in [0.5, 0.6) is 0 Å². The first-order valence-corrected chi connectivity index (χ1v) is 18.1. The van der Waals surface area contributed by atoms with Gasteiger partial charge in [0, 0.05) is 32.7 Å². The molecule has 1 heterocycles. The first-order chi connectivity index (χ1) is 21.2. The number of urea groups is 1. The lowest BCUT2D eigenvalue weighted by atomic mass is 9.84. The fraction of sp³-hybridized carbons (Fsp3) is 0.781. The average molecular weight is 671 g/mol. The van der Waals surface area contributed by atoms with Crippen molar-refractivity contribution in [3.63, 3.8) is 0 Å². The summed E-state index contributed by atoms with van der Waals surface area (Å²) in [6.07, 6.45) is 4.56. The van der Waals surface area contributed by atoms with Crippen molar-refractivity contribution in [2.24, 2.45) is 23.2 Å². The number of likely N-dealkylation sites (tertiary alicyclic amines) is 1. The molecule has 1 saturated heterocycles. The smallest absolute Gasteiger partial charge is 0.315 e. The third kappa shape index (κ3) is 11.7. The summed E-state index contributed by atoms with van der Waals surface area (Å²) in [6.45, 7) is 19.0.